The Labute approximate surface area is 147 Å². The van der Waals surface area contributed by atoms with Crippen molar-refractivity contribution in [2.24, 2.45) is 0 Å². The number of halogens is 1. The normalized spacial score (nSPS) is 14.5. The molecule has 2 rings (SSSR count). The highest BCUT2D eigenvalue weighted by Gasteiger charge is 2.27. The van der Waals surface area contributed by atoms with Gasteiger partial charge >= 0.3 is 0 Å². The van der Waals surface area contributed by atoms with E-state index in [1.54, 1.807) is 0 Å². The first-order valence-corrected chi connectivity index (χ1v) is 8.23. The summed E-state index contributed by atoms with van der Waals surface area (Å²) in [5.74, 6) is 0.327. The van der Waals surface area contributed by atoms with Crippen LogP contribution in [0.3, 0.4) is 0 Å². The molecule has 5 nitrogen and oxygen atoms in total. The third-order valence-electron chi connectivity index (χ3n) is 3.81. The number of hydrogen-bond acceptors (Lipinski definition) is 4. The Hall–Kier alpha value is -2.14. The third-order valence-corrected chi connectivity index (χ3v) is 4.03. The van der Waals surface area contributed by atoms with Gasteiger partial charge in [0.05, 0.1) is 16.6 Å². The third kappa shape index (κ3) is 3.36. The second kappa shape index (κ2) is 6.77. The molecule has 0 amide bonds. The van der Waals surface area contributed by atoms with Crippen LogP contribution in [0.5, 0.6) is 0 Å². The van der Waals surface area contributed by atoms with E-state index in [1.807, 2.05) is 36.8 Å². The van der Waals surface area contributed by atoms with E-state index < -0.39 is 0 Å². The maximum atomic E-state index is 6.22. The van der Waals surface area contributed by atoms with Crippen molar-refractivity contribution < 1.29 is 0 Å². The van der Waals surface area contributed by atoms with Crippen molar-refractivity contribution in [1.29, 1.82) is 0 Å². The van der Waals surface area contributed by atoms with Crippen LogP contribution >= 0.6 is 11.6 Å². The van der Waals surface area contributed by atoms with Crippen molar-refractivity contribution >= 4 is 28.5 Å². The summed E-state index contributed by atoms with van der Waals surface area (Å²) in [6.45, 7) is 14.1. The zero-order chi connectivity index (χ0) is 18.1. The zero-order valence-electron chi connectivity index (χ0n) is 14.8. The largest absolute Gasteiger partial charge is 0.383 e. The number of rotatable bonds is 4. The number of fused-ring (bicyclic) bond motifs is 1. The lowest BCUT2D eigenvalue weighted by atomic mass is 9.95. The van der Waals surface area contributed by atoms with Crippen molar-refractivity contribution in [3.8, 4) is 0 Å². The second-order valence-electron chi connectivity index (χ2n) is 6.70. The van der Waals surface area contributed by atoms with E-state index in [4.69, 9.17) is 22.4 Å². The van der Waals surface area contributed by atoms with Crippen LogP contribution < -0.4 is 5.73 Å². The molecular weight excluding hydrogens is 322 g/mol. The Kier molecular flexibility index (Phi) is 5.13. The van der Waals surface area contributed by atoms with Crippen LogP contribution in [0, 0.1) is 0 Å². The van der Waals surface area contributed by atoms with E-state index in [0.29, 0.717) is 10.9 Å². The lowest BCUT2D eigenvalue weighted by Gasteiger charge is -2.20. The Morgan fingerprint density at radius 1 is 1.38 bits per heavy atom. The van der Waals surface area contributed by atoms with Gasteiger partial charge in [0.2, 0.25) is 0 Å². The number of aromatic nitrogens is 4. The summed E-state index contributed by atoms with van der Waals surface area (Å²) in [5.41, 5.74) is 8.31. The molecule has 2 aromatic heterocycles. The number of allylic oxidation sites excluding steroid dienone is 5. The summed E-state index contributed by atoms with van der Waals surface area (Å²) in [6.07, 6.45) is 7.28. The van der Waals surface area contributed by atoms with Crippen LogP contribution in [0.2, 0.25) is 0 Å². The number of nitrogens with zero attached hydrogens (tertiary/aromatic N) is 4. The highest BCUT2D eigenvalue weighted by Crippen LogP contribution is 2.36. The molecule has 128 valence electrons. The molecule has 0 radical (unpaired) electrons. The van der Waals surface area contributed by atoms with E-state index in [0.717, 1.165) is 22.3 Å². The van der Waals surface area contributed by atoms with Crippen molar-refractivity contribution in [3.05, 3.63) is 47.4 Å². The maximum absolute atomic E-state index is 6.22. The van der Waals surface area contributed by atoms with Crippen LogP contribution in [0.4, 0.5) is 5.82 Å². The smallest absolute Gasteiger partial charge is 0.164 e. The van der Waals surface area contributed by atoms with Gasteiger partial charge in [-0.2, -0.15) is 5.10 Å². The molecule has 0 unspecified atom stereocenters. The standard InChI is InChI=1S/C18H24ClN5/c1-7-8-9-13(12(3)19)11(2)15-14-16(20)21-10-22-17(14)24(23-15)18(4,5)6/h7-11H,3H2,1-2,4-6H3,(H2,20,21,22)/b8-7-,13-9-/t11-/m0/s1. The summed E-state index contributed by atoms with van der Waals surface area (Å²) >= 11 is 6.22. The minimum Gasteiger partial charge on any atom is -0.383 e. The molecule has 0 saturated carbocycles. The van der Waals surface area contributed by atoms with Crippen LogP contribution in [-0.4, -0.2) is 19.7 Å². The van der Waals surface area contributed by atoms with Crippen molar-refractivity contribution in [2.75, 3.05) is 5.73 Å². The van der Waals surface area contributed by atoms with E-state index >= 15 is 0 Å². The first kappa shape index (κ1) is 18.2. The number of hydrogen-bond donors (Lipinski definition) is 1. The lowest BCUT2D eigenvalue weighted by Crippen LogP contribution is -2.23. The van der Waals surface area contributed by atoms with Gasteiger partial charge in [0.25, 0.3) is 0 Å². The predicted octanol–water partition coefficient (Wildman–Crippen LogP) is 4.52. The fourth-order valence-electron chi connectivity index (χ4n) is 2.59. The minimum atomic E-state index is -0.234. The Morgan fingerprint density at radius 3 is 2.58 bits per heavy atom. The van der Waals surface area contributed by atoms with E-state index in [2.05, 4.69) is 37.3 Å². The average Bonchev–Trinajstić information content (AvgIpc) is 2.88. The average molecular weight is 346 g/mol. The summed E-state index contributed by atoms with van der Waals surface area (Å²) in [5, 5.41) is 6.05. The molecule has 24 heavy (non-hydrogen) atoms. The molecule has 0 aliphatic carbocycles. The van der Waals surface area contributed by atoms with Gasteiger partial charge in [0, 0.05) is 11.0 Å². The SMILES string of the molecule is C=C(Cl)/C(=C\C=C/C)[C@H](C)c1nn(C(C)(C)C)c2ncnc(N)c12. The van der Waals surface area contributed by atoms with Gasteiger partial charge in [-0.15, -0.1) is 0 Å². The van der Waals surface area contributed by atoms with Gasteiger partial charge in [-0.3, -0.25) is 0 Å². The Balaban J connectivity index is 2.74. The number of nitrogen functional groups attached to an aromatic ring is 1. The van der Waals surface area contributed by atoms with Crippen LogP contribution in [0.25, 0.3) is 11.0 Å². The van der Waals surface area contributed by atoms with Crippen molar-refractivity contribution in [1.82, 2.24) is 19.7 Å². The van der Waals surface area contributed by atoms with E-state index in [9.17, 15) is 0 Å². The van der Waals surface area contributed by atoms with Gasteiger partial charge < -0.3 is 5.73 Å². The first-order valence-electron chi connectivity index (χ1n) is 7.85. The summed E-state index contributed by atoms with van der Waals surface area (Å²) in [4.78, 5) is 8.53. The fraction of sp³-hybridized carbons (Fsp3) is 0.389. The first-order chi connectivity index (χ1) is 11.2. The van der Waals surface area contributed by atoms with E-state index in [-0.39, 0.29) is 11.5 Å². The topological polar surface area (TPSA) is 69.6 Å². The second-order valence-corrected chi connectivity index (χ2v) is 7.16. The minimum absolute atomic E-state index is 0.0920. The monoisotopic (exact) mass is 345 g/mol. The Bertz CT molecular complexity index is 824. The molecule has 2 heterocycles. The van der Waals surface area contributed by atoms with Gasteiger partial charge in [-0.25, -0.2) is 14.6 Å². The molecule has 1 atom stereocenters. The molecule has 0 fully saturated rings. The Morgan fingerprint density at radius 2 is 2.04 bits per heavy atom. The molecule has 6 heteroatoms. The van der Waals surface area contributed by atoms with Crippen molar-refractivity contribution in [2.45, 2.75) is 46.1 Å². The predicted molar refractivity (Wildman–Crippen MR) is 101 cm³/mol. The number of nitrogens with two attached hydrogens (primary N) is 1. The van der Waals surface area contributed by atoms with Gasteiger partial charge in [0.1, 0.15) is 12.1 Å². The number of anilines is 1. The summed E-state index contributed by atoms with van der Waals surface area (Å²) < 4.78 is 1.89. The molecule has 2 aromatic rings. The molecule has 0 bridgehead atoms. The highest BCUT2D eigenvalue weighted by atomic mass is 35.5. The van der Waals surface area contributed by atoms with Crippen molar-refractivity contribution in [3.63, 3.8) is 0 Å². The fourth-order valence-corrected chi connectivity index (χ4v) is 2.82. The van der Waals surface area contributed by atoms with Crippen LogP contribution in [-0.2, 0) is 5.54 Å². The van der Waals surface area contributed by atoms with Gasteiger partial charge in [-0.1, -0.05) is 43.3 Å². The summed E-state index contributed by atoms with van der Waals surface area (Å²) in [7, 11) is 0. The maximum Gasteiger partial charge on any atom is 0.164 e. The van der Waals surface area contributed by atoms with Crippen LogP contribution in [0.1, 0.15) is 46.2 Å². The molecule has 0 aromatic carbocycles. The zero-order valence-corrected chi connectivity index (χ0v) is 15.6. The molecule has 0 spiro atoms. The highest BCUT2D eigenvalue weighted by molar-refractivity contribution is 6.31. The molecular formula is C18H24ClN5. The quantitative estimate of drug-likeness (QED) is 0.827. The van der Waals surface area contributed by atoms with E-state index in [1.165, 1.54) is 6.33 Å². The molecule has 0 aliphatic rings. The molecule has 0 aliphatic heterocycles. The molecule has 2 N–H and O–H groups in total. The lowest BCUT2D eigenvalue weighted by molar-refractivity contribution is 0.362. The molecule has 0 saturated heterocycles. The van der Waals surface area contributed by atoms with Gasteiger partial charge in [-0.05, 0) is 33.3 Å². The van der Waals surface area contributed by atoms with Crippen LogP contribution in [0.15, 0.2) is 41.7 Å². The summed E-state index contributed by atoms with van der Waals surface area (Å²) in [6, 6.07) is 0. The van der Waals surface area contributed by atoms with Gasteiger partial charge in [0.15, 0.2) is 5.65 Å².